The Balaban J connectivity index is 0.000000129. The smallest absolute Gasteiger partial charge is 0.427 e. The summed E-state index contributed by atoms with van der Waals surface area (Å²) in [6.45, 7) is 0. The number of aromatic amines is 2. The fourth-order valence-electron chi connectivity index (χ4n) is 12.1. The fraction of sp³-hybridized carbons (Fsp3) is 0.385. The van der Waals surface area contributed by atoms with Gasteiger partial charge in [-0.3, -0.25) is 19.2 Å². The Bertz CT molecular complexity index is 3460. The summed E-state index contributed by atoms with van der Waals surface area (Å²) in [6.07, 6.45) is 19.6. The van der Waals surface area contributed by atoms with Gasteiger partial charge in [-0.1, -0.05) is 55.3 Å². The molecule has 6 heterocycles. The minimum atomic E-state index is -1.04. The summed E-state index contributed by atoms with van der Waals surface area (Å²) < 4.78 is 4.40. The summed E-state index contributed by atoms with van der Waals surface area (Å²) >= 11 is 3.51. The molecule has 6 aromatic heterocycles. The van der Waals surface area contributed by atoms with Crippen molar-refractivity contribution in [1.82, 2.24) is 50.3 Å². The molecule has 6 fully saturated rings. The zero-order chi connectivity index (χ0) is 47.9. The van der Waals surface area contributed by atoms with E-state index in [9.17, 15) is 19.2 Å². The number of benzene rings is 2. The third-order valence-electron chi connectivity index (χ3n) is 15.9. The van der Waals surface area contributed by atoms with Crippen LogP contribution in [0.15, 0.2) is 112 Å². The van der Waals surface area contributed by atoms with Crippen molar-refractivity contribution in [2.45, 2.75) is 113 Å². The number of fused-ring (bicyclic) bond motifs is 4. The molecule has 18 heteroatoms. The van der Waals surface area contributed by atoms with Gasteiger partial charge in [0.2, 0.25) is 0 Å². The molecule has 8 aromatic rings. The molecule has 6 N–H and O–H groups in total. The van der Waals surface area contributed by atoms with Gasteiger partial charge in [0.05, 0.1) is 56.7 Å². The number of carbonyl (C=O) groups excluding carboxylic acids is 2. The lowest BCUT2D eigenvalue weighted by molar-refractivity contribution is -0.0199. The van der Waals surface area contributed by atoms with Crippen LogP contribution in [-0.2, 0) is 0 Å². The molecule has 0 unspecified atom stereocenters. The van der Waals surface area contributed by atoms with Gasteiger partial charge in [0.1, 0.15) is 0 Å². The number of carbonyl (C=O) groups is 2. The van der Waals surface area contributed by atoms with E-state index in [0.717, 1.165) is 102 Å². The molecule has 14 rings (SSSR count). The predicted molar refractivity (Wildman–Crippen MR) is 268 cm³/mol. The van der Waals surface area contributed by atoms with Crippen molar-refractivity contribution in [3.63, 3.8) is 0 Å². The Labute approximate surface area is 409 Å². The summed E-state index contributed by atoms with van der Waals surface area (Å²) in [6, 6.07) is 23.7. The first-order chi connectivity index (χ1) is 33.9. The van der Waals surface area contributed by atoms with Crippen LogP contribution in [0.25, 0.3) is 32.6 Å². The number of nitrogens with zero attached hydrogens (tertiary/aromatic N) is 6. The molecule has 0 atom stereocenters. The predicted octanol–water partition coefficient (Wildman–Crippen LogP) is 7.32. The summed E-state index contributed by atoms with van der Waals surface area (Å²) in [5.41, 5.74) is 6.56. The fourth-order valence-corrected chi connectivity index (χ4v) is 12.7. The largest absolute Gasteiger partial charge is 0.454 e. The standard InChI is InChI=1S/C26H25N5O2.C23H20BrN5O2.C3H7BO2/c32-24(21-14-27-31-9-3-6-18(23(21)31)15-7-8-15)28-17-12-26(13-17)10-16(11-26)22-19-4-1-2-5-20(19)25(33)30-29-22;24-18-6-3-7-29-20(18)17(12-25-29)21(30)26-14-10-23(11-14)8-13(9-23)19-15-4-1-2-5-16(15)22(31)28-27-19;5-4(6)3-1-2-3/h1-6,9,14-17H,7-8,10-13H2,(H,28,32)(H,30,33);1-7,12-14H,8-11H2,(H,26,30)(H,28,31);3,5-6H,1-2H2. The van der Waals surface area contributed by atoms with E-state index < -0.39 is 7.12 Å². The van der Waals surface area contributed by atoms with Crippen molar-refractivity contribution in [1.29, 1.82) is 0 Å². The van der Waals surface area contributed by atoms with Crippen LogP contribution < -0.4 is 21.8 Å². The number of rotatable bonds is 8. The van der Waals surface area contributed by atoms with Crippen molar-refractivity contribution in [2.75, 3.05) is 0 Å². The highest BCUT2D eigenvalue weighted by Gasteiger charge is 2.55. The number of H-pyrrole nitrogens is 2. The summed E-state index contributed by atoms with van der Waals surface area (Å²) in [5, 5.41) is 49.0. The van der Waals surface area contributed by atoms with Crippen LogP contribution in [0.1, 0.15) is 132 Å². The van der Waals surface area contributed by atoms with Crippen LogP contribution in [-0.4, -0.2) is 80.7 Å². The minimum Gasteiger partial charge on any atom is -0.427 e. The summed E-state index contributed by atoms with van der Waals surface area (Å²) in [4.78, 5) is 50.0. The molecule has 2 aromatic carbocycles. The van der Waals surface area contributed by atoms with Gasteiger partial charge in [-0.15, -0.1) is 0 Å². The van der Waals surface area contributed by atoms with Crippen LogP contribution in [0, 0.1) is 10.8 Å². The average molecular weight is 1000 g/mol. The lowest BCUT2D eigenvalue weighted by atomic mass is 9.49. The SMILES string of the molecule is O=C(NC1CC2(C1)CC(c1n[nH]c(=O)c3ccccc13)C2)c1cnn2cccc(Br)c12.O=C(NC1CC2(C1)CC(c1n[nH]c(=O)c3ccccc13)C2)c1cnn2cccc(C3CC3)c12.OB(O)C1CC1. The number of hydrogen-bond donors (Lipinski definition) is 6. The van der Waals surface area contributed by atoms with Gasteiger partial charge in [-0.25, -0.2) is 19.2 Å². The molecular formula is C52H52BBrN10O6. The van der Waals surface area contributed by atoms with Gasteiger partial charge in [0.25, 0.3) is 22.9 Å². The van der Waals surface area contributed by atoms with Crippen LogP contribution in [0.2, 0.25) is 5.82 Å². The highest BCUT2D eigenvalue weighted by molar-refractivity contribution is 9.10. The molecule has 0 bridgehead atoms. The molecule has 6 aliphatic rings. The highest BCUT2D eigenvalue weighted by atomic mass is 79.9. The van der Waals surface area contributed by atoms with Crippen molar-refractivity contribution in [3.05, 3.63) is 151 Å². The van der Waals surface area contributed by atoms with Crippen LogP contribution in [0.4, 0.5) is 0 Å². The van der Waals surface area contributed by atoms with Gasteiger partial charge in [0, 0.05) is 51.6 Å². The quantitative estimate of drug-likeness (QED) is 0.0833. The normalized spacial score (nSPS) is 25.2. The van der Waals surface area contributed by atoms with E-state index in [-0.39, 0.29) is 46.2 Å². The molecule has 0 aliphatic heterocycles. The maximum absolute atomic E-state index is 13.1. The van der Waals surface area contributed by atoms with Crippen LogP contribution >= 0.6 is 15.9 Å². The third kappa shape index (κ3) is 8.22. The first-order valence-electron chi connectivity index (χ1n) is 24.4. The second-order valence-corrected chi connectivity index (χ2v) is 21.7. The molecule has 0 radical (unpaired) electrons. The number of amides is 2. The van der Waals surface area contributed by atoms with Crippen molar-refractivity contribution < 1.29 is 19.6 Å². The Morgan fingerprint density at radius 2 is 1.06 bits per heavy atom. The van der Waals surface area contributed by atoms with Gasteiger partial charge < -0.3 is 20.7 Å². The van der Waals surface area contributed by atoms with Gasteiger partial charge in [0.15, 0.2) is 0 Å². The van der Waals surface area contributed by atoms with Crippen molar-refractivity contribution in [3.8, 4) is 0 Å². The number of halogens is 1. The zero-order valence-electron chi connectivity index (χ0n) is 38.4. The van der Waals surface area contributed by atoms with Crippen molar-refractivity contribution >= 4 is 67.4 Å². The van der Waals surface area contributed by atoms with Crippen molar-refractivity contribution in [2.24, 2.45) is 10.8 Å². The van der Waals surface area contributed by atoms with E-state index in [1.807, 2.05) is 83.6 Å². The minimum absolute atomic E-state index is 0.0119. The Morgan fingerprint density at radius 3 is 1.51 bits per heavy atom. The molecule has 6 aliphatic carbocycles. The summed E-state index contributed by atoms with van der Waals surface area (Å²) in [5.74, 6) is 1.41. The number of hydrogen-bond acceptors (Lipinski definition) is 10. The maximum Gasteiger partial charge on any atom is 0.454 e. The monoisotopic (exact) mass is 1000 g/mol. The highest BCUT2D eigenvalue weighted by Crippen LogP contribution is 2.63. The first-order valence-corrected chi connectivity index (χ1v) is 25.2. The van der Waals surface area contributed by atoms with Crippen LogP contribution in [0.5, 0.6) is 0 Å². The Morgan fingerprint density at radius 1 is 0.600 bits per heavy atom. The molecule has 356 valence electrons. The molecule has 16 nitrogen and oxygen atoms in total. The van der Waals surface area contributed by atoms with Gasteiger partial charge >= 0.3 is 7.12 Å². The van der Waals surface area contributed by atoms with Gasteiger partial charge in [-0.05, 0) is 139 Å². The van der Waals surface area contributed by atoms with Crippen LogP contribution in [0.3, 0.4) is 0 Å². The zero-order valence-corrected chi connectivity index (χ0v) is 39.9. The van der Waals surface area contributed by atoms with Gasteiger partial charge in [-0.2, -0.15) is 20.4 Å². The topological polar surface area (TPSA) is 225 Å². The molecule has 0 saturated heterocycles. The second-order valence-electron chi connectivity index (χ2n) is 20.9. The van der Waals surface area contributed by atoms with E-state index in [1.165, 1.54) is 18.4 Å². The Hall–Kier alpha value is -6.50. The average Bonchev–Trinajstić information content (AvgIpc) is 4.26. The van der Waals surface area contributed by atoms with E-state index in [0.29, 0.717) is 45.1 Å². The molecule has 2 spiro atoms. The maximum atomic E-state index is 13.1. The number of nitrogens with one attached hydrogen (secondary N) is 4. The number of aromatic nitrogens is 8. The second kappa shape index (κ2) is 17.4. The molecular weight excluding hydrogens is 951 g/mol. The van der Waals surface area contributed by atoms with E-state index in [2.05, 4.69) is 63.2 Å². The van der Waals surface area contributed by atoms with E-state index in [4.69, 9.17) is 10.0 Å². The lowest BCUT2D eigenvalue weighted by Gasteiger charge is -2.57. The summed E-state index contributed by atoms with van der Waals surface area (Å²) in [7, 11) is -1.04. The van der Waals surface area contributed by atoms with E-state index >= 15 is 0 Å². The van der Waals surface area contributed by atoms with E-state index in [1.54, 1.807) is 16.9 Å². The Kier molecular flexibility index (Phi) is 11.1. The molecule has 70 heavy (non-hydrogen) atoms. The lowest BCUT2D eigenvalue weighted by Crippen LogP contribution is -2.55. The molecule has 2 amide bonds. The first kappa shape index (κ1) is 44.7. The third-order valence-corrected chi connectivity index (χ3v) is 16.6. The molecule has 6 saturated carbocycles. The number of pyridine rings is 2.